The summed E-state index contributed by atoms with van der Waals surface area (Å²) < 4.78 is 13.2. The second-order valence-electron chi connectivity index (χ2n) is 4.57. The zero-order valence-corrected chi connectivity index (χ0v) is 13.6. The van der Waals surface area contributed by atoms with E-state index >= 15 is 0 Å². The summed E-state index contributed by atoms with van der Waals surface area (Å²) in [6.45, 7) is 9.70. The van der Waals surface area contributed by atoms with Crippen LogP contribution in [-0.2, 0) is 6.54 Å². The number of aryl methyl sites for hydroxylation is 1. The minimum Gasteiger partial charge on any atom is -0.357 e. The lowest BCUT2D eigenvalue weighted by atomic mass is 10.1. The number of nitrogens with zero attached hydrogens (tertiary/aromatic N) is 1. The van der Waals surface area contributed by atoms with Crippen molar-refractivity contribution in [2.75, 3.05) is 24.6 Å². The summed E-state index contributed by atoms with van der Waals surface area (Å²) in [6, 6.07) is 5.10. The Kier molecular flexibility index (Phi) is 8.59. The largest absolute Gasteiger partial charge is 0.357 e. The summed E-state index contributed by atoms with van der Waals surface area (Å²) in [5.74, 6) is 2.58. The Labute approximate surface area is 131 Å². The maximum Gasteiger partial charge on any atom is 0.191 e. The number of rotatable bonds is 8. The van der Waals surface area contributed by atoms with Gasteiger partial charge in [0.1, 0.15) is 5.82 Å². The smallest absolute Gasteiger partial charge is 0.191 e. The van der Waals surface area contributed by atoms with E-state index in [2.05, 4.69) is 22.2 Å². The zero-order chi connectivity index (χ0) is 15.5. The third-order valence-electron chi connectivity index (χ3n) is 2.76. The van der Waals surface area contributed by atoms with Gasteiger partial charge in [-0.25, -0.2) is 9.38 Å². The van der Waals surface area contributed by atoms with Gasteiger partial charge in [-0.15, -0.1) is 6.58 Å². The second kappa shape index (κ2) is 10.3. The van der Waals surface area contributed by atoms with E-state index in [0.717, 1.165) is 36.1 Å². The Balaban J connectivity index is 2.50. The van der Waals surface area contributed by atoms with Crippen LogP contribution in [0.4, 0.5) is 4.39 Å². The molecule has 3 nitrogen and oxygen atoms in total. The predicted molar refractivity (Wildman–Crippen MR) is 91.5 cm³/mol. The fraction of sp³-hybridized carbons (Fsp3) is 0.438. The number of aliphatic imine (C=N–C) groups is 1. The minimum atomic E-state index is -0.174. The van der Waals surface area contributed by atoms with E-state index < -0.39 is 0 Å². The van der Waals surface area contributed by atoms with Gasteiger partial charge in [0.05, 0.1) is 6.54 Å². The van der Waals surface area contributed by atoms with Gasteiger partial charge in [0.15, 0.2) is 5.96 Å². The topological polar surface area (TPSA) is 36.4 Å². The number of benzene rings is 1. The van der Waals surface area contributed by atoms with Crippen LogP contribution in [-0.4, -0.2) is 30.6 Å². The van der Waals surface area contributed by atoms with Crippen LogP contribution in [0.2, 0.25) is 0 Å². The molecule has 0 aliphatic heterocycles. The minimum absolute atomic E-state index is 0.174. The summed E-state index contributed by atoms with van der Waals surface area (Å²) in [5.41, 5.74) is 1.66. The van der Waals surface area contributed by atoms with Crippen LogP contribution < -0.4 is 10.6 Å². The third-order valence-corrected chi connectivity index (χ3v) is 3.73. The van der Waals surface area contributed by atoms with Crippen LogP contribution in [0.25, 0.3) is 0 Å². The first-order chi connectivity index (χ1) is 10.2. The molecule has 0 unspecified atom stereocenters. The van der Waals surface area contributed by atoms with Crippen LogP contribution >= 0.6 is 11.8 Å². The van der Waals surface area contributed by atoms with Crippen molar-refractivity contribution >= 4 is 17.7 Å². The first-order valence-corrected chi connectivity index (χ1v) is 8.28. The molecule has 0 saturated heterocycles. The van der Waals surface area contributed by atoms with E-state index in [4.69, 9.17) is 0 Å². The highest BCUT2D eigenvalue weighted by molar-refractivity contribution is 7.99. The molecule has 0 aromatic heterocycles. The van der Waals surface area contributed by atoms with Gasteiger partial charge in [0, 0.05) is 24.6 Å². The SMILES string of the molecule is C=CCSCCNC(=NCc1ccc(F)c(C)c1)NCC. The van der Waals surface area contributed by atoms with Crippen molar-refractivity contribution in [3.8, 4) is 0 Å². The van der Waals surface area contributed by atoms with Gasteiger partial charge in [-0.3, -0.25) is 0 Å². The first-order valence-electron chi connectivity index (χ1n) is 7.13. The molecule has 0 aliphatic rings. The average molecular weight is 309 g/mol. The molecule has 116 valence electrons. The molecule has 0 bridgehead atoms. The summed E-state index contributed by atoms with van der Waals surface area (Å²) in [6.07, 6.45) is 1.90. The van der Waals surface area contributed by atoms with E-state index in [9.17, 15) is 4.39 Å². The predicted octanol–water partition coefficient (Wildman–Crippen LogP) is 3.11. The molecule has 1 aromatic rings. The highest BCUT2D eigenvalue weighted by Crippen LogP contribution is 2.10. The molecule has 5 heteroatoms. The molecular weight excluding hydrogens is 285 g/mol. The standard InChI is InChI=1S/C16H24FN3S/c1-4-9-21-10-8-19-16(18-5-2)20-12-14-6-7-15(17)13(3)11-14/h4,6-7,11H,1,5,8-10,12H2,2-3H3,(H2,18,19,20). The quantitative estimate of drug-likeness (QED) is 0.335. The summed E-state index contributed by atoms with van der Waals surface area (Å²) in [4.78, 5) is 4.51. The lowest BCUT2D eigenvalue weighted by Gasteiger charge is -2.11. The molecule has 1 rings (SSSR count). The van der Waals surface area contributed by atoms with E-state index in [1.807, 2.05) is 30.8 Å². The van der Waals surface area contributed by atoms with E-state index in [1.54, 1.807) is 13.0 Å². The van der Waals surface area contributed by atoms with Crippen LogP contribution in [0, 0.1) is 12.7 Å². The van der Waals surface area contributed by atoms with E-state index in [1.165, 1.54) is 6.07 Å². The van der Waals surface area contributed by atoms with Crippen LogP contribution in [0.5, 0.6) is 0 Å². The molecule has 0 heterocycles. The number of thioether (sulfide) groups is 1. The normalized spacial score (nSPS) is 11.3. The van der Waals surface area contributed by atoms with Crippen molar-refractivity contribution < 1.29 is 4.39 Å². The molecule has 1 aromatic carbocycles. The van der Waals surface area contributed by atoms with Gasteiger partial charge in [0.2, 0.25) is 0 Å². The summed E-state index contributed by atoms with van der Waals surface area (Å²) in [7, 11) is 0. The van der Waals surface area contributed by atoms with Crippen molar-refractivity contribution in [3.05, 3.63) is 47.8 Å². The van der Waals surface area contributed by atoms with Crippen LogP contribution in [0.1, 0.15) is 18.1 Å². The maximum absolute atomic E-state index is 13.2. The third kappa shape index (κ3) is 7.18. The number of hydrogen-bond acceptors (Lipinski definition) is 2. The van der Waals surface area contributed by atoms with Crippen molar-refractivity contribution in [2.24, 2.45) is 4.99 Å². The number of nitrogens with one attached hydrogen (secondary N) is 2. The van der Waals surface area contributed by atoms with Gasteiger partial charge in [0.25, 0.3) is 0 Å². The van der Waals surface area contributed by atoms with Gasteiger partial charge in [-0.2, -0.15) is 11.8 Å². The van der Waals surface area contributed by atoms with Gasteiger partial charge >= 0.3 is 0 Å². The Bertz CT molecular complexity index is 475. The zero-order valence-electron chi connectivity index (χ0n) is 12.8. The van der Waals surface area contributed by atoms with E-state index in [-0.39, 0.29) is 5.82 Å². The Morgan fingerprint density at radius 3 is 2.90 bits per heavy atom. The second-order valence-corrected chi connectivity index (χ2v) is 5.72. The maximum atomic E-state index is 13.2. The van der Waals surface area contributed by atoms with Gasteiger partial charge < -0.3 is 10.6 Å². The van der Waals surface area contributed by atoms with Crippen LogP contribution in [0.15, 0.2) is 35.8 Å². The molecular formula is C16H24FN3S. The number of hydrogen-bond donors (Lipinski definition) is 2. The lowest BCUT2D eigenvalue weighted by molar-refractivity contribution is 0.617. The molecule has 2 N–H and O–H groups in total. The Morgan fingerprint density at radius 2 is 2.24 bits per heavy atom. The average Bonchev–Trinajstić information content (AvgIpc) is 2.48. The van der Waals surface area contributed by atoms with Crippen molar-refractivity contribution in [2.45, 2.75) is 20.4 Å². The number of guanidine groups is 1. The first kappa shape index (κ1) is 17.6. The summed E-state index contributed by atoms with van der Waals surface area (Å²) in [5, 5.41) is 6.49. The molecule has 0 radical (unpaired) electrons. The van der Waals surface area contributed by atoms with Crippen molar-refractivity contribution in [1.82, 2.24) is 10.6 Å². The molecule has 0 saturated carbocycles. The van der Waals surface area contributed by atoms with Gasteiger partial charge in [-0.1, -0.05) is 18.2 Å². The lowest BCUT2D eigenvalue weighted by Crippen LogP contribution is -2.38. The van der Waals surface area contributed by atoms with Crippen molar-refractivity contribution in [3.63, 3.8) is 0 Å². The number of halogens is 1. The van der Waals surface area contributed by atoms with Crippen molar-refractivity contribution in [1.29, 1.82) is 0 Å². The highest BCUT2D eigenvalue weighted by Gasteiger charge is 2.00. The summed E-state index contributed by atoms with van der Waals surface area (Å²) >= 11 is 1.83. The Hall–Kier alpha value is -1.49. The van der Waals surface area contributed by atoms with Gasteiger partial charge in [-0.05, 0) is 31.0 Å². The molecule has 0 atom stereocenters. The molecule has 0 fully saturated rings. The fourth-order valence-corrected chi connectivity index (χ4v) is 2.31. The fourth-order valence-electron chi connectivity index (χ4n) is 1.73. The molecule has 21 heavy (non-hydrogen) atoms. The Morgan fingerprint density at radius 1 is 1.43 bits per heavy atom. The molecule has 0 amide bonds. The monoisotopic (exact) mass is 309 g/mol. The van der Waals surface area contributed by atoms with E-state index in [0.29, 0.717) is 12.1 Å². The molecule has 0 spiro atoms. The highest BCUT2D eigenvalue weighted by atomic mass is 32.2. The van der Waals surface area contributed by atoms with Crippen LogP contribution in [0.3, 0.4) is 0 Å². The molecule has 0 aliphatic carbocycles.